The Morgan fingerprint density at radius 2 is 1.94 bits per heavy atom. The van der Waals surface area contributed by atoms with Crippen molar-refractivity contribution in [2.24, 2.45) is 0 Å². The summed E-state index contributed by atoms with van der Waals surface area (Å²) in [7, 11) is 0. The summed E-state index contributed by atoms with van der Waals surface area (Å²) in [6.07, 6.45) is 0.924. The van der Waals surface area contributed by atoms with Crippen molar-refractivity contribution in [1.29, 1.82) is 0 Å². The maximum atomic E-state index is 11.8. The van der Waals surface area contributed by atoms with E-state index in [1.807, 2.05) is 0 Å². The molecule has 100 valence electrons. The van der Waals surface area contributed by atoms with Crippen LogP contribution < -0.4 is 11.1 Å². The van der Waals surface area contributed by atoms with Crippen LogP contribution in [0.2, 0.25) is 0 Å². The van der Waals surface area contributed by atoms with Gasteiger partial charge in [0.2, 0.25) is 0 Å². The molecule has 1 aromatic carbocycles. The van der Waals surface area contributed by atoms with Gasteiger partial charge in [0.1, 0.15) is 6.61 Å². The van der Waals surface area contributed by atoms with Crippen LogP contribution in [-0.2, 0) is 4.74 Å². The predicted molar refractivity (Wildman–Crippen MR) is 73.5 cm³/mol. The molecule has 1 aromatic rings. The van der Waals surface area contributed by atoms with E-state index in [1.54, 1.807) is 24.3 Å². The Morgan fingerprint density at radius 1 is 1.33 bits per heavy atom. The first kappa shape index (κ1) is 14.5. The number of nitrogen functional groups attached to an aromatic ring is 1. The van der Waals surface area contributed by atoms with Gasteiger partial charge in [0.25, 0.3) is 0 Å². The van der Waals surface area contributed by atoms with E-state index in [-0.39, 0.29) is 12.0 Å². The van der Waals surface area contributed by atoms with Gasteiger partial charge in [-0.2, -0.15) is 0 Å². The number of benzene rings is 1. The van der Waals surface area contributed by atoms with E-state index in [0.29, 0.717) is 23.9 Å². The minimum Gasteiger partial charge on any atom is -0.460 e. The summed E-state index contributed by atoms with van der Waals surface area (Å²) in [6.45, 7) is 6.60. The second kappa shape index (κ2) is 7.01. The molecule has 0 aliphatic carbocycles. The SMILES string of the molecule is CC[C@H](COC(=O)c1ccc(N)cc1)NC(C)C. The van der Waals surface area contributed by atoms with Crippen molar-refractivity contribution in [2.45, 2.75) is 39.3 Å². The summed E-state index contributed by atoms with van der Waals surface area (Å²) < 4.78 is 5.28. The highest BCUT2D eigenvalue weighted by Gasteiger charge is 2.12. The Bertz CT molecular complexity index is 374. The Balaban J connectivity index is 2.47. The predicted octanol–water partition coefficient (Wildman–Crippen LogP) is 2.20. The van der Waals surface area contributed by atoms with Gasteiger partial charge in [0.15, 0.2) is 0 Å². The normalized spacial score (nSPS) is 12.4. The Hall–Kier alpha value is -1.55. The summed E-state index contributed by atoms with van der Waals surface area (Å²) in [5.41, 5.74) is 6.73. The molecule has 1 rings (SSSR count). The van der Waals surface area contributed by atoms with Crippen LogP contribution in [0.5, 0.6) is 0 Å². The van der Waals surface area contributed by atoms with E-state index in [0.717, 1.165) is 6.42 Å². The number of rotatable bonds is 6. The number of esters is 1. The van der Waals surface area contributed by atoms with Crippen molar-refractivity contribution in [3.05, 3.63) is 29.8 Å². The zero-order chi connectivity index (χ0) is 13.5. The third kappa shape index (κ3) is 4.75. The fourth-order valence-corrected chi connectivity index (χ4v) is 1.63. The van der Waals surface area contributed by atoms with E-state index in [9.17, 15) is 4.79 Å². The van der Waals surface area contributed by atoms with Crippen LogP contribution in [0.3, 0.4) is 0 Å². The Kier molecular flexibility index (Phi) is 5.65. The fourth-order valence-electron chi connectivity index (χ4n) is 1.63. The molecule has 0 heterocycles. The van der Waals surface area contributed by atoms with Gasteiger partial charge in [-0.1, -0.05) is 20.8 Å². The van der Waals surface area contributed by atoms with Crippen molar-refractivity contribution in [3.63, 3.8) is 0 Å². The van der Waals surface area contributed by atoms with E-state index in [4.69, 9.17) is 10.5 Å². The lowest BCUT2D eigenvalue weighted by Gasteiger charge is -2.19. The van der Waals surface area contributed by atoms with Crippen LogP contribution in [-0.4, -0.2) is 24.7 Å². The average Bonchev–Trinajstić information content (AvgIpc) is 2.34. The number of carbonyl (C=O) groups is 1. The molecular weight excluding hydrogens is 228 g/mol. The lowest BCUT2D eigenvalue weighted by Crippen LogP contribution is -2.38. The molecule has 4 nitrogen and oxygen atoms in total. The minimum absolute atomic E-state index is 0.197. The maximum absolute atomic E-state index is 11.8. The number of nitrogens with one attached hydrogen (secondary N) is 1. The summed E-state index contributed by atoms with van der Waals surface area (Å²) in [5, 5.41) is 3.35. The highest BCUT2D eigenvalue weighted by Crippen LogP contribution is 2.07. The molecule has 0 aliphatic rings. The van der Waals surface area contributed by atoms with Gasteiger partial charge in [-0.05, 0) is 30.7 Å². The zero-order valence-corrected chi connectivity index (χ0v) is 11.3. The van der Waals surface area contributed by atoms with E-state index < -0.39 is 0 Å². The lowest BCUT2D eigenvalue weighted by molar-refractivity contribution is 0.0458. The van der Waals surface area contributed by atoms with E-state index >= 15 is 0 Å². The summed E-state index contributed by atoms with van der Waals surface area (Å²) in [4.78, 5) is 11.8. The average molecular weight is 250 g/mol. The number of anilines is 1. The van der Waals surface area contributed by atoms with Gasteiger partial charge >= 0.3 is 5.97 Å². The molecule has 0 amide bonds. The molecule has 1 atom stereocenters. The van der Waals surface area contributed by atoms with Crippen molar-refractivity contribution in [3.8, 4) is 0 Å². The summed E-state index contributed by atoms with van der Waals surface area (Å²) in [5.74, 6) is -0.306. The molecule has 0 fully saturated rings. The third-order valence-corrected chi connectivity index (χ3v) is 2.62. The van der Waals surface area contributed by atoms with Crippen molar-refractivity contribution in [1.82, 2.24) is 5.32 Å². The molecule has 0 spiro atoms. The number of ether oxygens (including phenoxy) is 1. The Labute approximate surface area is 109 Å². The number of carbonyl (C=O) groups excluding carboxylic acids is 1. The minimum atomic E-state index is -0.306. The molecule has 4 heteroatoms. The lowest BCUT2D eigenvalue weighted by atomic mass is 10.2. The first-order valence-electron chi connectivity index (χ1n) is 6.31. The first-order chi connectivity index (χ1) is 8.52. The first-order valence-corrected chi connectivity index (χ1v) is 6.31. The highest BCUT2D eigenvalue weighted by atomic mass is 16.5. The van der Waals surface area contributed by atoms with E-state index in [1.165, 1.54) is 0 Å². The van der Waals surface area contributed by atoms with E-state index in [2.05, 4.69) is 26.1 Å². The third-order valence-electron chi connectivity index (χ3n) is 2.62. The van der Waals surface area contributed by atoms with Crippen LogP contribution in [0, 0.1) is 0 Å². The Morgan fingerprint density at radius 3 is 2.44 bits per heavy atom. The topological polar surface area (TPSA) is 64.3 Å². The van der Waals surface area contributed by atoms with Gasteiger partial charge < -0.3 is 15.8 Å². The maximum Gasteiger partial charge on any atom is 0.338 e. The standard InChI is InChI=1S/C14H22N2O2/c1-4-13(16-10(2)3)9-18-14(17)11-5-7-12(15)8-6-11/h5-8,10,13,16H,4,9,15H2,1-3H3/t13-/m1/s1. The van der Waals surface area contributed by atoms with Crippen LogP contribution in [0.25, 0.3) is 0 Å². The fraction of sp³-hybridized carbons (Fsp3) is 0.500. The van der Waals surface area contributed by atoms with Gasteiger partial charge in [-0.25, -0.2) is 4.79 Å². The van der Waals surface area contributed by atoms with Gasteiger partial charge in [0.05, 0.1) is 5.56 Å². The molecule has 0 saturated heterocycles. The number of hydrogen-bond acceptors (Lipinski definition) is 4. The summed E-state index contributed by atoms with van der Waals surface area (Å²) >= 11 is 0. The van der Waals surface area contributed by atoms with Crippen LogP contribution in [0.1, 0.15) is 37.6 Å². The largest absolute Gasteiger partial charge is 0.460 e. The molecule has 0 saturated carbocycles. The quantitative estimate of drug-likeness (QED) is 0.600. The smallest absolute Gasteiger partial charge is 0.338 e. The molecule has 0 radical (unpaired) electrons. The zero-order valence-electron chi connectivity index (χ0n) is 11.3. The van der Waals surface area contributed by atoms with Crippen molar-refractivity contribution < 1.29 is 9.53 Å². The second-order valence-corrected chi connectivity index (χ2v) is 4.65. The van der Waals surface area contributed by atoms with Crippen molar-refractivity contribution >= 4 is 11.7 Å². The van der Waals surface area contributed by atoms with Gasteiger partial charge in [-0.15, -0.1) is 0 Å². The number of hydrogen-bond donors (Lipinski definition) is 2. The monoisotopic (exact) mass is 250 g/mol. The van der Waals surface area contributed by atoms with Crippen LogP contribution in [0.4, 0.5) is 5.69 Å². The molecular formula is C14H22N2O2. The molecule has 3 N–H and O–H groups in total. The molecule has 0 unspecified atom stereocenters. The molecule has 0 aromatic heterocycles. The molecule has 0 bridgehead atoms. The van der Waals surface area contributed by atoms with Crippen molar-refractivity contribution in [2.75, 3.05) is 12.3 Å². The van der Waals surface area contributed by atoms with Crippen LogP contribution >= 0.6 is 0 Å². The van der Waals surface area contributed by atoms with Gasteiger partial charge in [0, 0.05) is 17.8 Å². The number of nitrogens with two attached hydrogens (primary N) is 1. The van der Waals surface area contributed by atoms with Gasteiger partial charge in [-0.3, -0.25) is 0 Å². The van der Waals surface area contributed by atoms with Crippen LogP contribution in [0.15, 0.2) is 24.3 Å². The highest BCUT2D eigenvalue weighted by molar-refractivity contribution is 5.89. The second-order valence-electron chi connectivity index (χ2n) is 4.65. The molecule has 18 heavy (non-hydrogen) atoms. The molecule has 0 aliphatic heterocycles. The summed E-state index contributed by atoms with van der Waals surface area (Å²) in [6, 6.07) is 7.32.